The van der Waals surface area contributed by atoms with Crippen LogP contribution in [0.2, 0.25) is 0 Å². The number of nitrogens with one attached hydrogen (secondary N) is 1. The summed E-state index contributed by atoms with van der Waals surface area (Å²) in [6.07, 6.45) is 2.85. The molecule has 0 amide bonds. The highest BCUT2D eigenvalue weighted by atomic mass is 14.9. The normalized spacial score (nSPS) is 17.8. The van der Waals surface area contributed by atoms with Crippen LogP contribution in [0, 0.1) is 19.8 Å². The van der Waals surface area contributed by atoms with Gasteiger partial charge in [-0.1, -0.05) is 18.2 Å². The summed E-state index contributed by atoms with van der Waals surface area (Å²) in [6, 6.07) is 7.26. The molecule has 2 rings (SSSR count). The molecule has 0 aliphatic heterocycles. The molecule has 1 aromatic carbocycles. The molecule has 0 aromatic heterocycles. The van der Waals surface area contributed by atoms with Crippen LogP contribution < -0.4 is 5.32 Å². The molecule has 1 N–H and O–H groups in total. The summed E-state index contributed by atoms with van der Waals surface area (Å²) in [5.74, 6) is 0.957. The monoisotopic (exact) mass is 203 g/mol. The Bertz CT molecular complexity index is 339. The molecular weight excluding hydrogens is 182 g/mol. The summed E-state index contributed by atoms with van der Waals surface area (Å²) in [5, 5.41) is 3.61. The summed E-state index contributed by atoms with van der Waals surface area (Å²) >= 11 is 0. The van der Waals surface area contributed by atoms with E-state index in [2.05, 4.69) is 44.3 Å². The molecule has 1 aliphatic carbocycles. The Labute approximate surface area is 92.9 Å². The third-order valence-electron chi connectivity index (χ3n) is 3.44. The van der Waals surface area contributed by atoms with E-state index in [1.807, 2.05) is 0 Å². The summed E-state index contributed by atoms with van der Waals surface area (Å²) < 4.78 is 0. The fourth-order valence-electron chi connectivity index (χ4n) is 1.82. The molecule has 1 aliphatic rings. The van der Waals surface area contributed by atoms with Gasteiger partial charge in [-0.15, -0.1) is 0 Å². The standard InChI is InChI=1S/C14H21N/c1-10-4-7-14(8-11(10)2)12(3)15-9-13-5-6-13/h4,7-8,12-13,15H,5-6,9H2,1-3H3/t12-/m0/s1. The van der Waals surface area contributed by atoms with E-state index in [1.165, 1.54) is 36.1 Å². The molecule has 1 heteroatoms. The number of rotatable bonds is 4. The summed E-state index contributed by atoms with van der Waals surface area (Å²) in [4.78, 5) is 0. The van der Waals surface area contributed by atoms with Crippen molar-refractivity contribution in [2.45, 2.75) is 39.7 Å². The van der Waals surface area contributed by atoms with Gasteiger partial charge in [0, 0.05) is 6.04 Å². The molecule has 0 unspecified atom stereocenters. The van der Waals surface area contributed by atoms with Gasteiger partial charge in [-0.05, 0) is 62.8 Å². The van der Waals surface area contributed by atoms with E-state index in [4.69, 9.17) is 0 Å². The van der Waals surface area contributed by atoms with Gasteiger partial charge < -0.3 is 5.32 Å². The highest BCUT2D eigenvalue weighted by Gasteiger charge is 2.21. The molecule has 15 heavy (non-hydrogen) atoms. The van der Waals surface area contributed by atoms with Crippen molar-refractivity contribution in [2.24, 2.45) is 5.92 Å². The van der Waals surface area contributed by atoms with E-state index in [1.54, 1.807) is 0 Å². The van der Waals surface area contributed by atoms with Crippen molar-refractivity contribution in [1.29, 1.82) is 0 Å². The van der Waals surface area contributed by atoms with Gasteiger partial charge in [0.25, 0.3) is 0 Å². The average Bonchev–Trinajstić information content (AvgIpc) is 3.02. The Kier molecular flexibility index (Phi) is 3.11. The van der Waals surface area contributed by atoms with Crippen molar-refractivity contribution < 1.29 is 0 Å². The average molecular weight is 203 g/mol. The van der Waals surface area contributed by atoms with Crippen molar-refractivity contribution >= 4 is 0 Å². The molecule has 1 aromatic rings. The molecule has 1 atom stereocenters. The zero-order chi connectivity index (χ0) is 10.8. The first-order valence-corrected chi connectivity index (χ1v) is 5.97. The second-order valence-electron chi connectivity index (χ2n) is 4.92. The fourth-order valence-corrected chi connectivity index (χ4v) is 1.82. The molecule has 0 radical (unpaired) electrons. The SMILES string of the molecule is Cc1ccc([C@H](C)NCC2CC2)cc1C. The van der Waals surface area contributed by atoms with Gasteiger partial charge in [0.05, 0.1) is 0 Å². The second-order valence-corrected chi connectivity index (χ2v) is 4.92. The number of aryl methyl sites for hydroxylation is 2. The van der Waals surface area contributed by atoms with Gasteiger partial charge in [-0.25, -0.2) is 0 Å². The molecule has 0 spiro atoms. The van der Waals surface area contributed by atoms with Gasteiger partial charge in [-0.2, -0.15) is 0 Å². The van der Waals surface area contributed by atoms with Crippen molar-refractivity contribution in [1.82, 2.24) is 5.32 Å². The minimum absolute atomic E-state index is 0.491. The van der Waals surface area contributed by atoms with Crippen LogP contribution in [-0.2, 0) is 0 Å². The maximum Gasteiger partial charge on any atom is 0.0292 e. The maximum atomic E-state index is 3.61. The van der Waals surface area contributed by atoms with E-state index in [0.29, 0.717) is 6.04 Å². The topological polar surface area (TPSA) is 12.0 Å². The van der Waals surface area contributed by atoms with Crippen LogP contribution in [-0.4, -0.2) is 6.54 Å². The van der Waals surface area contributed by atoms with Crippen LogP contribution in [0.5, 0.6) is 0 Å². The molecule has 1 nitrogen and oxygen atoms in total. The first kappa shape index (κ1) is 10.7. The Morgan fingerprint density at radius 3 is 2.60 bits per heavy atom. The van der Waals surface area contributed by atoms with Crippen molar-refractivity contribution in [3.05, 3.63) is 34.9 Å². The predicted octanol–water partition coefficient (Wildman–Crippen LogP) is 3.36. The summed E-state index contributed by atoms with van der Waals surface area (Å²) in [7, 11) is 0. The van der Waals surface area contributed by atoms with Crippen LogP contribution in [0.15, 0.2) is 18.2 Å². The van der Waals surface area contributed by atoms with E-state index < -0.39 is 0 Å². The molecule has 0 bridgehead atoms. The van der Waals surface area contributed by atoms with E-state index in [9.17, 15) is 0 Å². The minimum Gasteiger partial charge on any atom is -0.310 e. The van der Waals surface area contributed by atoms with E-state index in [0.717, 1.165) is 5.92 Å². The Morgan fingerprint density at radius 2 is 2.00 bits per heavy atom. The van der Waals surface area contributed by atoms with Gasteiger partial charge >= 0.3 is 0 Å². The lowest BCUT2D eigenvalue weighted by Gasteiger charge is -2.15. The molecule has 82 valence electrons. The Hall–Kier alpha value is -0.820. The zero-order valence-corrected chi connectivity index (χ0v) is 10.0. The number of hydrogen-bond acceptors (Lipinski definition) is 1. The lowest BCUT2D eigenvalue weighted by atomic mass is 10.0. The molecule has 1 fully saturated rings. The first-order chi connectivity index (χ1) is 7.16. The van der Waals surface area contributed by atoms with E-state index in [-0.39, 0.29) is 0 Å². The first-order valence-electron chi connectivity index (χ1n) is 5.97. The summed E-state index contributed by atoms with van der Waals surface area (Å²) in [6.45, 7) is 7.80. The Balaban J connectivity index is 1.97. The summed E-state index contributed by atoms with van der Waals surface area (Å²) in [5.41, 5.74) is 4.19. The molecule has 1 saturated carbocycles. The van der Waals surface area contributed by atoms with Crippen LogP contribution in [0.1, 0.15) is 42.5 Å². The molecular formula is C14H21N. The quantitative estimate of drug-likeness (QED) is 0.791. The van der Waals surface area contributed by atoms with Crippen LogP contribution in [0.4, 0.5) is 0 Å². The van der Waals surface area contributed by atoms with Crippen LogP contribution in [0.25, 0.3) is 0 Å². The van der Waals surface area contributed by atoms with Gasteiger partial charge in [0.1, 0.15) is 0 Å². The number of benzene rings is 1. The van der Waals surface area contributed by atoms with Crippen LogP contribution >= 0.6 is 0 Å². The highest BCUT2D eigenvalue weighted by Crippen LogP contribution is 2.28. The van der Waals surface area contributed by atoms with Gasteiger partial charge in [0.15, 0.2) is 0 Å². The predicted molar refractivity (Wildman–Crippen MR) is 65.1 cm³/mol. The zero-order valence-electron chi connectivity index (χ0n) is 10.0. The largest absolute Gasteiger partial charge is 0.310 e. The lowest BCUT2D eigenvalue weighted by molar-refractivity contribution is 0.548. The smallest absolute Gasteiger partial charge is 0.0292 e. The van der Waals surface area contributed by atoms with Crippen molar-refractivity contribution in [3.8, 4) is 0 Å². The minimum atomic E-state index is 0.491. The molecule has 0 saturated heterocycles. The van der Waals surface area contributed by atoms with Gasteiger partial charge in [-0.3, -0.25) is 0 Å². The fraction of sp³-hybridized carbons (Fsp3) is 0.571. The lowest BCUT2D eigenvalue weighted by Crippen LogP contribution is -2.21. The van der Waals surface area contributed by atoms with E-state index >= 15 is 0 Å². The van der Waals surface area contributed by atoms with Crippen molar-refractivity contribution in [3.63, 3.8) is 0 Å². The van der Waals surface area contributed by atoms with Gasteiger partial charge in [0.2, 0.25) is 0 Å². The Morgan fingerprint density at radius 1 is 1.27 bits per heavy atom. The van der Waals surface area contributed by atoms with Crippen LogP contribution in [0.3, 0.4) is 0 Å². The third kappa shape index (κ3) is 2.82. The third-order valence-corrected chi connectivity index (χ3v) is 3.44. The number of hydrogen-bond donors (Lipinski definition) is 1. The van der Waals surface area contributed by atoms with Crippen molar-refractivity contribution in [2.75, 3.05) is 6.54 Å². The maximum absolute atomic E-state index is 3.61. The second kappa shape index (κ2) is 4.36. The highest BCUT2D eigenvalue weighted by molar-refractivity contribution is 5.31. The molecule has 0 heterocycles.